The Morgan fingerprint density at radius 2 is 1.85 bits per heavy atom. The Kier molecular flexibility index (Phi) is 6.03. The summed E-state index contributed by atoms with van der Waals surface area (Å²) in [5.41, 5.74) is 1.21. The summed E-state index contributed by atoms with van der Waals surface area (Å²) in [4.78, 5) is 37.9. The van der Waals surface area contributed by atoms with E-state index in [1.54, 1.807) is 42.5 Å². The van der Waals surface area contributed by atoms with Gasteiger partial charge in [0.25, 0.3) is 11.1 Å². The number of carbonyl (C=O) groups excluding carboxylic acids is 3. The number of thioether (sulfide) groups is 1. The molecule has 0 aromatic heterocycles. The summed E-state index contributed by atoms with van der Waals surface area (Å²) in [6, 6.07) is 11.7. The van der Waals surface area contributed by atoms with Gasteiger partial charge in [0.15, 0.2) is 0 Å². The summed E-state index contributed by atoms with van der Waals surface area (Å²) in [6.07, 6.45) is 1.54. The second-order valence-corrected chi connectivity index (χ2v) is 8.30. The summed E-state index contributed by atoms with van der Waals surface area (Å²) in [5.74, 6) is -0.918. The number of aromatic hydroxyl groups is 1. The number of carbonyl (C=O) groups is 3. The molecule has 1 aliphatic heterocycles. The van der Waals surface area contributed by atoms with Gasteiger partial charge >= 0.3 is 0 Å². The summed E-state index contributed by atoms with van der Waals surface area (Å²) in [7, 11) is 0. The summed E-state index contributed by atoms with van der Waals surface area (Å²) in [6.45, 7) is -0.364. The minimum absolute atomic E-state index is 0.0740. The number of amides is 3. The molecule has 3 rings (SSSR count). The first kappa shape index (κ1) is 19.7. The summed E-state index contributed by atoms with van der Waals surface area (Å²) >= 11 is 7.27. The number of anilines is 1. The maximum absolute atomic E-state index is 12.5. The van der Waals surface area contributed by atoms with Crippen molar-refractivity contribution in [1.82, 2.24) is 4.90 Å². The molecule has 0 aliphatic carbocycles. The third-order valence-corrected chi connectivity index (χ3v) is 5.64. The number of halogens is 2. The molecular weight excluding hydrogens is 500 g/mol. The molecule has 27 heavy (non-hydrogen) atoms. The van der Waals surface area contributed by atoms with Crippen molar-refractivity contribution in [3.63, 3.8) is 0 Å². The van der Waals surface area contributed by atoms with Crippen LogP contribution in [-0.2, 0) is 9.59 Å². The molecule has 1 saturated heterocycles. The van der Waals surface area contributed by atoms with Crippen molar-refractivity contribution in [2.24, 2.45) is 0 Å². The molecule has 2 aromatic carbocycles. The first-order valence-corrected chi connectivity index (χ1v) is 10.0. The zero-order valence-electron chi connectivity index (χ0n) is 13.6. The molecule has 3 amide bonds. The smallest absolute Gasteiger partial charge is 0.294 e. The first-order valence-electron chi connectivity index (χ1n) is 7.63. The van der Waals surface area contributed by atoms with E-state index in [0.29, 0.717) is 15.7 Å². The van der Waals surface area contributed by atoms with Crippen molar-refractivity contribution in [2.45, 2.75) is 0 Å². The zero-order chi connectivity index (χ0) is 19.6. The fraction of sp³-hybridized carbons (Fsp3) is 0.0556. The van der Waals surface area contributed by atoms with Crippen LogP contribution in [0, 0.1) is 0 Å². The van der Waals surface area contributed by atoms with Gasteiger partial charge in [-0.1, -0.05) is 22.0 Å². The molecule has 138 valence electrons. The van der Waals surface area contributed by atoms with E-state index < -0.39 is 17.1 Å². The third-order valence-electron chi connectivity index (χ3n) is 3.57. The molecule has 2 N–H and O–H groups in total. The number of nitrogens with one attached hydrogen (secondary N) is 1. The predicted molar refractivity (Wildman–Crippen MR) is 111 cm³/mol. The van der Waals surface area contributed by atoms with Crippen LogP contribution >= 0.6 is 43.6 Å². The maximum atomic E-state index is 12.5. The molecule has 6 nitrogen and oxygen atoms in total. The zero-order valence-corrected chi connectivity index (χ0v) is 17.6. The fourth-order valence-electron chi connectivity index (χ4n) is 2.28. The summed E-state index contributed by atoms with van der Waals surface area (Å²) < 4.78 is 1.35. The van der Waals surface area contributed by atoms with Crippen LogP contribution in [0.3, 0.4) is 0 Å². The van der Waals surface area contributed by atoms with E-state index in [1.807, 2.05) is 0 Å². The predicted octanol–water partition coefficient (Wildman–Crippen LogP) is 4.59. The van der Waals surface area contributed by atoms with Crippen molar-refractivity contribution in [1.29, 1.82) is 0 Å². The average Bonchev–Trinajstić information content (AvgIpc) is 2.87. The lowest BCUT2D eigenvalue weighted by atomic mass is 10.2. The Morgan fingerprint density at radius 1 is 1.15 bits per heavy atom. The fourth-order valence-corrected chi connectivity index (χ4v) is 3.78. The molecule has 2 aromatic rings. The highest BCUT2D eigenvalue weighted by Crippen LogP contribution is 2.33. The van der Waals surface area contributed by atoms with E-state index in [-0.39, 0.29) is 17.2 Å². The van der Waals surface area contributed by atoms with Gasteiger partial charge < -0.3 is 10.4 Å². The maximum Gasteiger partial charge on any atom is 0.294 e. The van der Waals surface area contributed by atoms with Crippen LogP contribution in [0.25, 0.3) is 6.08 Å². The number of phenols is 1. The minimum atomic E-state index is -0.528. The van der Waals surface area contributed by atoms with E-state index >= 15 is 0 Å². The molecular formula is C18H12Br2N2O4S. The van der Waals surface area contributed by atoms with Crippen molar-refractivity contribution >= 4 is 72.4 Å². The monoisotopic (exact) mass is 510 g/mol. The first-order chi connectivity index (χ1) is 12.8. The minimum Gasteiger partial charge on any atom is -0.507 e. The Labute approximate surface area is 175 Å². The number of benzene rings is 2. The Balaban J connectivity index is 1.70. The van der Waals surface area contributed by atoms with Crippen LogP contribution in [0.4, 0.5) is 10.5 Å². The van der Waals surface area contributed by atoms with Gasteiger partial charge in [-0.15, -0.1) is 0 Å². The Morgan fingerprint density at radius 3 is 2.52 bits per heavy atom. The molecule has 9 heteroatoms. The molecule has 0 unspecified atom stereocenters. The van der Waals surface area contributed by atoms with E-state index in [0.717, 1.165) is 21.1 Å². The largest absolute Gasteiger partial charge is 0.507 e. The highest BCUT2D eigenvalue weighted by molar-refractivity contribution is 9.10. The van der Waals surface area contributed by atoms with Gasteiger partial charge in [0.1, 0.15) is 12.3 Å². The van der Waals surface area contributed by atoms with Crippen LogP contribution in [-0.4, -0.2) is 33.6 Å². The number of imide groups is 1. The third kappa shape index (κ3) is 4.79. The van der Waals surface area contributed by atoms with Crippen molar-refractivity contribution in [3.8, 4) is 5.75 Å². The number of nitrogens with zero attached hydrogens (tertiary/aromatic N) is 1. The standard InChI is InChI=1S/C18H12Br2N2O4S/c19-11-2-4-12(5-3-11)21-16(24)9-22-17(25)15(27-18(22)26)8-10-1-6-14(23)13(20)7-10/h1-8,23H,9H2,(H,21,24)/b15-8+. The topological polar surface area (TPSA) is 86.7 Å². The number of hydrogen-bond acceptors (Lipinski definition) is 5. The number of hydrogen-bond donors (Lipinski definition) is 2. The summed E-state index contributed by atoms with van der Waals surface area (Å²) in [5, 5.41) is 11.7. The van der Waals surface area contributed by atoms with Crippen molar-refractivity contribution in [3.05, 3.63) is 61.9 Å². The molecule has 0 radical (unpaired) electrons. The Bertz CT molecular complexity index is 960. The van der Waals surface area contributed by atoms with Gasteiger partial charge in [-0.3, -0.25) is 19.3 Å². The molecule has 0 bridgehead atoms. The molecule has 0 atom stereocenters. The van der Waals surface area contributed by atoms with E-state index in [2.05, 4.69) is 37.2 Å². The van der Waals surface area contributed by atoms with Gasteiger partial charge in [-0.05, 0) is 75.7 Å². The lowest BCUT2D eigenvalue weighted by Gasteiger charge is -2.12. The van der Waals surface area contributed by atoms with Crippen LogP contribution in [0.5, 0.6) is 5.75 Å². The Hall–Kier alpha value is -2.10. The van der Waals surface area contributed by atoms with Crippen LogP contribution in [0.2, 0.25) is 0 Å². The van der Waals surface area contributed by atoms with E-state index in [1.165, 1.54) is 6.07 Å². The van der Waals surface area contributed by atoms with Gasteiger partial charge in [0.05, 0.1) is 9.38 Å². The second-order valence-electron chi connectivity index (χ2n) is 5.53. The average molecular weight is 512 g/mol. The molecule has 1 fully saturated rings. The molecule has 1 aliphatic rings. The van der Waals surface area contributed by atoms with E-state index in [4.69, 9.17) is 0 Å². The highest BCUT2D eigenvalue weighted by atomic mass is 79.9. The second kappa shape index (κ2) is 8.28. The molecule has 1 heterocycles. The van der Waals surface area contributed by atoms with Crippen LogP contribution in [0.1, 0.15) is 5.56 Å². The lowest BCUT2D eigenvalue weighted by molar-refractivity contribution is -0.127. The van der Waals surface area contributed by atoms with Crippen molar-refractivity contribution < 1.29 is 19.5 Å². The molecule has 0 saturated carbocycles. The normalized spacial score (nSPS) is 15.5. The van der Waals surface area contributed by atoms with E-state index in [9.17, 15) is 19.5 Å². The molecule has 0 spiro atoms. The van der Waals surface area contributed by atoms with Gasteiger partial charge in [-0.25, -0.2) is 0 Å². The van der Waals surface area contributed by atoms with Crippen LogP contribution < -0.4 is 5.32 Å². The number of phenolic OH excluding ortho intramolecular Hbond substituents is 1. The number of rotatable bonds is 4. The van der Waals surface area contributed by atoms with Gasteiger partial charge in [0.2, 0.25) is 5.91 Å². The van der Waals surface area contributed by atoms with Crippen molar-refractivity contribution in [2.75, 3.05) is 11.9 Å². The highest BCUT2D eigenvalue weighted by Gasteiger charge is 2.36. The lowest BCUT2D eigenvalue weighted by Crippen LogP contribution is -2.36. The van der Waals surface area contributed by atoms with Gasteiger partial charge in [-0.2, -0.15) is 0 Å². The quantitative estimate of drug-likeness (QED) is 0.586. The van der Waals surface area contributed by atoms with Gasteiger partial charge in [0, 0.05) is 10.2 Å². The van der Waals surface area contributed by atoms with Crippen LogP contribution in [0.15, 0.2) is 56.3 Å². The SMILES string of the molecule is O=C(CN1C(=O)S/C(=C/c2ccc(O)c(Br)c2)C1=O)Nc1ccc(Br)cc1.